The summed E-state index contributed by atoms with van der Waals surface area (Å²) in [6, 6.07) is 9.83. The average molecular weight is 300 g/mol. The minimum atomic E-state index is -0.299. The number of hydrogen-bond donors (Lipinski definition) is 0. The Kier molecular flexibility index (Phi) is 3.47. The second-order valence-electron chi connectivity index (χ2n) is 4.81. The van der Waals surface area contributed by atoms with E-state index in [1.807, 2.05) is 49.7 Å². The molecule has 0 saturated carbocycles. The van der Waals surface area contributed by atoms with Gasteiger partial charge in [0.2, 0.25) is 0 Å². The van der Waals surface area contributed by atoms with Crippen molar-refractivity contribution < 1.29 is 4.79 Å². The summed E-state index contributed by atoms with van der Waals surface area (Å²) in [4.78, 5) is 17.2. The number of benzene rings is 1. The van der Waals surface area contributed by atoms with E-state index in [4.69, 9.17) is 0 Å². The topological polar surface area (TPSA) is 52.2 Å². The number of hydrogen-bond acceptors (Lipinski definition) is 3. The smallest absolute Gasteiger partial charge is 0.300 e. The number of carbonyl (C=O) groups is 1. The standard InChI is InChI=1S/C15H16N4OS/c1-4-19-12-7-5-6-8-13(12)21-15(19)16-14(20)11-9-10(2)18(3)17-11/h5-9H,4H2,1-3H3. The largest absolute Gasteiger partial charge is 0.317 e. The Morgan fingerprint density at radius 3 is 2.81 bits per heavy atom. The molecule has 3 rings (SSSR count). The first-order valence-electron chi connectivity index (χ1n) is 6.78. The molecule has 0 saturated heterocycles. The van der Waals surface area contributed by atoms with Crippen LogP contribution >= 0.6 is 11.3 Å². The van der Waals surface area contributed by atoms with Crippen LogP contribution in [0.2, 0.25) is 0 Å². The van der Waals surface area contributed by atoms with Gasteiger partial charge in [-0.15, -0.1) is 0 Å². The molecule has 0 fully saturated rings. The van der Waals surface area contributed by atoms with E-state index in [2.05, 4.69) is 10.1 Å². The van der Waals surface area contributed by atoms with Crippen LogP contribution in [0.5, 0.6) is 0 Å². The highest BCUT2D eigenvalue weighted by molar-refractivity contribution is 7.16. The fourth-order valence-corrected chi connectivity index (χ4v) is 3.31. The van der Waals surface area contributed by atoms with Crippen molar-refractivity contribution in [2.45, 2.75) is 20.4 Å². The predicted molar refractivity (Wildman–Crippen MR) is 83.3 cm³/mol. The molecule has 108 valence electrons. The highest BCUT2D eigenvalue weighted by atomic mass is 32.1. The molecule has 5 nitrogen and oxygen atoms in total. The first-order chi connectivity index (χ1) is 10.1. The molecule has 1 aromatic carbocycles. The van der Waals surface area contributed by atoms with E-state index < -0.39 is 0 Å². The third kappa shape index (κ3) is 2.42. The summed E-state index contributed by atoms with van der Waals surface area (Å²) in [5.41, 5.74) is 2.43. The number of thiazole rings is 1. The normalized spacial score (nSPS) is 12.2. The molecule has 0 bridgehead atoms. The minimum Gasteiger partial charge on any atom is -0.317 e. The highest BCUT2D eigenvalue weighted by Crippen LogP contribution is 2.16. The maximum atomic E-state index is 12.3. The molecule has 2 heterocycles. The van der Waals surface area contributed by atoms with E-state index in [1.165, 1.54) is 11.3 Å². The van der Waals surface area contributed by atoms with Crippen molar-refractivity contribution in [1.82, 2.24) is 14.3 Å². The van der Waals surface area contributed by atoms with E-state index >= 15 is 0 Å². The second kappa shape index (κ2) is 5.29. The lowest BCUT2D eigenvalue weighted by molar-refractivity contribution is 0.0992. The summed E-state index contributed by atoms with van der Waals surface area (Å²) >= 11 is 1.52. The van der Waals surface area contributed by atoms with Gasteiger partial charge in [-0.2, -0.15) is 10.1 Å². The van der Waals surface area contributed by atoms with E-state index in [-0.39, 0.29) is 5.91 Å². The number of aromatic nitrogens is 3. The maximum absolute atomic E-state index is 12.3. The molecular weight excluding hydrogens is 284 g/mol. The Hall–Kier alpha value is -2.21. The molecule has 21 heavy (non-hydrogen) atoms. The van der Waals surface area contributed by atoms with Crippen molar-refractivity contribution >= 4 is 27.5 Å². The summed E-state index contributed by atoms with van der Waals surface area (Å²) in [6.45, 7) is 4.74. The van der Waals surface area contributed by atoms with E-state index in [9.17, 15) is 4.79 Å². The van der Waals surface area contributed by atoms with Crippen LogP contribution in [0.15, 0.2) is 35.3 Å². The van der Waals surface area contributed by atoms with Gasteiger partial charge in [0, 0.05) is 19.3 Å². The number of rotatable bonds is 2. The van der Waals surface area contributed by atoms with Crippen LogP contribution in [0, 0.1) is 6.92 Å². The molecule has 2 aromatic heterocycles. The van der Waals surface area contributed by atoms with Crippen molar-refractivity contribution in [3.05, 3.63) is 46.5 Å². The zero-order chi connectivity index (χ0) is 15.0. The van der Waals surface area contributed by atoms with Gasteiger partial charge in [0.15, 0.2) is 10.5 Å². The van der Waals surface area contributed by atoms with Gasteiger partial charge in [0.25, 0.3) is 5.91 Å². The number of carbonyl (C=O) groups excluding carboxylic acids is 1. The molecular formula is C15H16N4OS. The molecule has 1 amide bonds. The van der Waals surface area contributed by atoms with Gasteiger partial charge in [-0.3, -0.25) is 9.48 Å². The summed E-state index contributed by atoms with van der Waals surface area (Å²) in [7, 11) is 1.82. The van der Waals surface area contributed by atoms with Crippen LogP contribution in [0.1, 0.15) is 23.1 Å². The molecule has 6 heteroatoms. The van der Waals surface area contributed by atoms with Crippen LogP contribution in [0.25, 0.3) is 10.2 Å². The van der Waals surface area contributed by atoms with Crippen LogP contribution in [0.3, 0.4) is 0 Å². The molecule has 0 unspecified atom stereocenters. The Morgan fingerprint density at radius 2 is 2.14 bits per heavy atom. The molecule has 0 N–H and O–H groups in total. The van der Waals surface area contributed by atoms with E-state index in [1.54, 1.807) is 10.7 Å². The zero-order valence-corrected chi connectivity index (χ0v) is 13.0. The predicted octanol–water partition coefficient (Wildman–Crippen LogP) is 2.51. The van der Waals surface area contributed by atoms with E-state index in [0.29, 0.717) is 10.5 Å². The Morgan fingerprint density at radius 1 is 1.38 bits per heavy atom. The van der Waals surface area contributed by atoms with Crippen molar-refractivity contribution in [2.75, 3.05) is 0 Å². The summed E-state index contributed by atoms with van der Waals surface area (Å²) in [6.07, 6.45) is 0. The molecule has 0 atom stereocenters. The Bertz CT molecular complexity index is 865. The summed E-state index contributed by atoms with van der Waals surface area (Å²) in [5.74, 6) is -0.299. The first-order valence-corrected chi connectivity index (χ1v) is 7.60. The lowest BCUT2D eigenvalue weighted by atomic mass is 10.3. The second-order valence-corrected chi connectivity index (χ2v) is 5.82. The van der Waals surface area contributed by atoms with Crippen molar-refractivity contribution in [3.63, 3.8) is 0 Å². The summed E-state index contributed by atoms with van der Waals surface area (Å²) < 4.78 is 4.86. The highest BCUT2D eigenvalue weighted by Gasteiger charge is 2.11. The maximum Gasteiger partial charge on any atom is 0.300 e. The van der Waals surface area contributed by atoms with Crippen LogP contribution < -0.4 is 4.80 Å². The van der Waals surface area contributed by atoms with Gasteiger partial charge < -0.3 is 4.57 Å². The van der Waals surface area contributed by atoms with Crippen molar-refractivity contribution in [1.29, 1.82) is 0 Å². The SMILES string of the molecule is CCn1c(=NC(=O)c2cc(C)n(C)n2)sc2ccccc21. The first kappa shape index (κ1) is 13.8. The summed E-state index contributed by atoms with van der Waals surface area (Å²) in [5, 5.41) is 4.18. The quantitative estimate of drug-likeness (QED) is 0.730. The van der Waals surface area contributed by atoms with Gasteiger partial charge in [0.05, 0.1) is 10.2 Å². The van der Waals surface area contributed by atoms with Crippen molar-refractivity contribution in [3.8, 4) is 0 Å². The number of fused-ring (bicyclic) bond motifs is 1. The molecule has 0 spiro atoms. The van der Waals surface area contributed by atoms with Crippen LogP contribution in [0.4, 0.5) is 0 Å². The molecule has 0 aliphatic rings. The fourth-order valence-electron chi connectivity index (χ4n) is 2.22. The zero-order valence-electron chi connectivity index (χ0n) is 12.2. The molecule has 0 aliphatic heterocycles. The lowest BCUT2D eigenvalue weighted by Crippen LogP contribution is -2.16. The Balaban J connectivity index is 2.12. The van der Waals surface area contributed by atoms with Crippen LogP contribution in [-0.2, 0) is 13.6 Å². The monoisotopic (exact) mass is 300 g/mol. The molecule has 0 radical (unpaired) electrons. The lowest BCUT2D eigenvalue weighted by Gasteiger charge is -1.98. The molecule has 0 aliphatic carbocycles. The average Bonchev–Trinajstić information content (AvgIpc) is 2.99. The van der Waals surface area contributed by atoms with Gasteiger partial charge in [-0.25, -0.2) is 0 Å². The Labute approximate surface area is 126 Å². The minimum absolute atomic E-state index is 0.299. The van der Waals surface area contributed by atoms with Gasteiger partial charge >= 0.3 is 0 Å². The van der Waals surface area contributed by atoms with Crippen molar-refractivity contribution in [2.24, 2.45) is 12.0 Å². The number of para-hydroxylation sites is 1. The van der Waals surface area contributed by atoms with E-state index in [0.717, 1.165) is 22.5 Å². The molecule has 3 aromatic rings. The number of aryl methyl sites for hydroxylation is 3. The number of amides is 1. The van der Waals surface area contributed by atoms with Gasteiger partial charge in [-0.1, -0.05) is 23.5 Å². The van der Waals surface area contributed by atoms with Crippen LogP contribution in [-0.4, -0.2) is 20.3 Å². The third-order valence-electron chi connectivity index (χ3n) is 3.43. The fraction of sp³-hybridized carbons (Fsp3) is 0.267. The number of nitrogens with zero attached hydrogens (tertiary/aromatic N) is 4. The van der Waals surface area contributed by atoms with Gasteiger partial charge in [-0.05, 0) is 32.0 Å². The van der Waals surface area contributed by atoms with Gasteiger partial charge in [0.1, 0.15) is 0 Å². The third-order valence-corrected chi connectivity index (χ3v) is 4.49.